The number of carbonyl (C=O) groups is 1. The smallest absolute Gasteiger partial charge is 0.353 e. The molecule has 0 fully saturated rings. The molecule has 8 heteroatoms. The Labute approximate surface area is 97.0 Å². The highest BCUT2D eigenvalue weighted by Gasteiger charge is 2.28. The molecule has 0 aromatic carbocycles. The first-order valence-corrected chi connectivity index (χ1v) is 5.02. The monoisotopic (exact) mass is 243 g/mol. The van der Waals surface area contributed by atoms with Gasteiger partial charge in [-0.15, -0.1) is 0 Å². The van der Waals surface area contributed by atoms with Gasteiger partial charge >= 0.3 is 11.7 Å². The van der Waals surface area contributed by atoms with Crippen LogP contribution in [-0.2, 0) is 18.3 Å². The molecule has 1 rings (SSSR count). The minimum atomic E-state index is -1.20. The lowest BCUT2D eigenvalue weighted by atomic mass is 10.2. The van der Waals surface area contributed by atoms with E-state index in [0.717, 1.165) is 0 Å². The molecule has 0 saturated heterocycles. The van der Waals surface area contributed by atoms with Crippen LogP contribution >= 0.6 is 0 Å². The summed E-state index contributed by atoms with van der Waals surface area (Å²) in [7, 11) is 1.48. The summed E-state index contributed by atoms with van der Waals surface area (Å²) in [6.45, 7) is 1.24. The Bertz CT molecular complexity index is 440. The molecule has 94 valence electrons. The Hall–Kier alpha value is -2.12. The summed E-state index contributed by atoms with van der Waals surface area (Å²) in [5.41, 5.74) is 0.0518. The molecule has 17 heavy (non-hydrogen) atoms. The molecule has 1 heterocycles. The first-order valence-electron chi connectivity index (χ1n) is 5.02. The van der Waals surface area contributed by atoms with Gasteiger partial charge in [0, 0.05) is 7.05 Å². The number of nitro groups is 1. The molecule has 0 amide bonds. The van der Waals surface area contributed by atoms with Gasteiger partial charge in [0.05, 0.1) is 4.92 Å². The molecule has 0 saturated carbocycles. The number of hydrogen-bond donors (Lipinski definition) is 1. The van der Waals surface area contributed by atoms with Gasteiger partial charge in [-0.25, -0.2) is 9.48 Å². The Morgan fingerprint density at radius 1 is 1.65 bits per heavy atom. The Morgan fingerprint density at radius 2 is 2.29 bits per heavy atom. The van der Waals surface area contributed by atoms with E-state index in [1.54, 1.807) is 0 Å². The molecule has 0 spiro atoms. The first kappa shape index (κ1) is 12.9. The molecule has 0 aliphatic heterocycles. The van der Waals surface area contributed by atoms with Gasteiger partial charge in [0.2, 0.25) is 0 Å². The van der Waals surface area contributed by atoms with Crippen molar-refractivity contribution in [3.05, 3.63) is 15.8 Å². The van der Waals surface area contributed by atoms with Crippen molar-refractivity contribution in [2.24, 2.45) is 7.05 Å². The van der Waals surface area contributed by atoms with Crippen LogP contribution in [0.2, 0.25) is 0 Å². The number of carboxylic acid groups (broad SMARTS) is 1. The van der Waals surface area contributed by atoms with Gasteiger partial charge in [-0.2, -0.15) is 5.10 Å². The van der Waals surface area contributed by atoms with Crippen molar-refractivity contribution in [2.45, 2.75) is 19.8 Å². The normalized spacial score (nSPS) is 10.2. The van der Waals surface area contributed by atoms with E-state index in [0.29, 0.717) is 18.5 Å². The lowest BCUT2D eigenvalue weighted by Crippen LogP contribution is -2.12. The summed E-state index contributed by atoms with van der Waals surface area (Å²) < 4.78 is 6.06. The van der Waals surface area contributed by atoms with E-state index in [9.17, 15) is 14.9 Å². The third-order valence-electron chi connectivity index (χ3n) is 2.04. The number of ether oxygens (including phenoxy) is 1. The predicted octanol–water partition coefficient (Wildman–Crippen LogP) is 0.744. The molecule has 1 aromatic rings. The van der Waals surface area contributed by atoms with Gasteiger partial charge in [0.1, 0.15) is 5.69 Å². The maximum Gasteiger partial charge on any atom is 0.353 e. The van der Waals surface area contributed by atoms with Crippen LogP contribution in [0.25, 0.3) is 0 Å². The summed E-state index contributed by atoms with van der Waals surface area (Å²) in [4.78, 5) is 20.7. The van der Waals surface area contributed by atoms with Crippen molar-refractivity contribution in [3.8, 4) is 5.88 Å². The molecule has 1 aromatic heterocycles. The average Bonchev–Trinajstić information content (AvgIpc) is 2.52. The zero-order chi connectivity index (χ0) is 13.0. The number of aliphatic carboxylic acids is 1. The number of nitrogens with zero attached hydrogens (tertiary/aromatic N) is 3. The summed E-state index contributed by atoms with van der Waals surface area (Å²) in [5.74, 6) is -1.32. The molecule has 0 unspecified atom stereocenters. The summed E-state index contributed by atoms with van der Waals surface area (Å²) in [6.07, 6.45) is 1.15. The maximum absolute atomic E-state index is 10.9. The fourth-order valence-electron chi connectivity index (χ4n) is 1.43. The van der Waals surface area contributed by atoms with Crippen LogP contribution in [0.15, 0.2) is 0 Å². The summed E-state index contributed by atoms with van der Waals surface area (Å²) in [6, 6.07) is 0. The van der Waals surface area contributed by atoms with Crippen molar-refractivity contribution in [3.63, 3.8) is 0 Å². The minimum absolute atomic E-state index is 0.124. The van der Waals surface area contributed by atoms with Crippen LogP contribution in [0.4, 0.5) is 5.69 Å². The highest BCUT2D eigenvalue weighted by Crippen LogP contribution is 2.30. The lowest BCUT2D eigenvalue weighted by Gasteiger charge is -2.01. The quantitative estimate of drug-likeness (QED) is 0.583. The number of rotatable bonds is 6. The molecular weight excluding hydrogens is 230 g/mol. The van der Waals surface area contributed by atoms with Crippen molar-refractivity contribution in [1.29, 1.82) is 0 Å². The van der Waals surface area contributed by atoms with Gasteiger partial charge in [-0.3, -0.25) is 10.1 Å². The number of aromatic nitrogens is 2. The highest BCUT2D eigenvalue weighted by molar-refractivity contribution is 5.68. The lowest BCUT2D eigenvalue weighted by molar-refractivity contribution is -0.386. The second-order valence-electron chi connectivity index (χ2n) is 3.41. The van der Waals surface area contributed by atoms with Crippen molar-refractivity contribution >= 4 is 11.7 Å². The number of carboxylic acids is 1. The van der Waals surface area contributed by atoms with Crippen molar-refractivity contribution < 1.29 is 19.6 Å². The van der Waals surface area contributed by atoms with Crippen LogP contribution in [0, 0.1) is 10.1 Å². The van der Waals surface area contributed by atoms with E-state index in [-0.39, 0.29) is 11.6 Å². The van der Waals surface area contributed by atoms with Crippen molar-refractivity contribution in [1.82, 2.24) is 9.78 Å². The predicted molar refractivity (Wildman–Crippen MR) is 57.0 cm³/mol. The largest absolute Gasteiger partial charge is 0.479 e. The van der Waals surface area contributed by atoms with Gasteiger partial charge in [-0.05, 0) is 6.42 Å². The van der Waals surface area contributed by atoms with Gasteiger partial charge in [0.15, 0.2) is 6.61 Å². The molecule has 0 atom stereocenters. The zero-order valence-corrected chi connectivity index (χ0v) is 9.54. The highest BCUT2D eigenvalue weighted by atomic mass is 16.6. The topological polar surface area (TPSA) is 107 Å². The van der Waals surface area contributed by atoms with Crippen LogP contribution in [0.3, 0.4) is 0 Å². The number of hydrogen-bond acceptors (Lipinski definition) is 5. The molecular formula is C9H13N3O5. The van der Waals surface area contributed by atoms with E-state index in [1.165, 1.54) is 11.7 Å². The van der Waals surface area contributed by atoms with Gasteiger partial charge < -0.3 is 9.84 Å². The standard InChI is InChI=1S/C9H13N3O5/c1-3-4-6-8(12(15)16)9(11(2)10-6)17-5-7(13)14/h3-5H2,1-2H3,(H,13,14). The van der Waals surface area contributed by atoms with E-state index in [2.05, 4.69) is 5.10 Å². The molecule has 0 aliphatic carbocycles. The van der Waals surface area contributed by atoms with Crippen LogP contribution in [0.1, 0.15) is 19.0 Å². The molecule has 0 bridgehead atoms. The zero-order valence-electron chi connectivity index (χ0n) is 9.54. The van der Waals surface area contributed by atoms with E-state index in [1.807, 2.05) is 6.92 Å². The van der Waals surface area contributed by atoms with Crippen LogP contribution in [0.5, 0.6) is 5.88 Å². The van der Waals surface area contributed by atoms with Crippen LogP contribution in [-0.4, -0.2) is 32.4 Å². The summed E-state index contributed by atoms with van der Waals surface area (Å²) in [5, 5.41) is 23.3. The van der Waals surface area contributed by atoms with E-state index in [4.69, 9.17) is 9.84 Å². The first-order chi connectivity index (χ1) is 7.97. The summed E-state index contributed by atoms with van der Waals surface area (Å²) >= 11 is 0. The second-order valence-corrected chi connectivity index (χ2v) is 3.41. The Kier molecular flexibility index (Phi) is 4.02. The van der Waals surface area contributed by atoms with E-state index < -0.39 is 17.5 Å². The third-order valence-corrected chi connectivity index (χ3v) is 2.04. The molecule has 0 radical (unpaired) electrons. The minimum Gasteiger partial charge on any atom is -0.479 e. The SMILES string of the molecule is CCCc1nn(C)c(OCC(=O)O)c1[N+](=O)[O-]. The number of aryl methyl sites for hydroxylation is 2. The Morgan fingerprint density at radius 3 is 2.76 bits per heavy atom. The maximum atomic E-state index is 10.9. The molecule has 8 nitrogen and oxygen atoms in total. The van der Waals surface area contributed by atoms with Gasteiger partial charge in [-0.1, -0.05) is 13.3 Å². The van der Waals surface area contributed by atoms with Gasteiger partial charge in [0.25, 0.3) is 5.88 Å². The fraction of sp³-hybridized carbons (Fsp3) is 0.556. The third kappa shape index (κ3) is 2.92. The molecule has 0 aliphatic rings. The Balaban J connectivity index is 3.08. The second kappa shape index (κ2) is 5.28. The average molecular weight is 243 g/mol. The van der Waals surface area contributed by atoms with Crippen molar-refractivity contribution in [2.75, 3.05) is 6.61 Å². The molecule has 1 N–H and O–H groups in total. The van der Waals surface area contributed by atoms with Crippen LogP contribution < -0.4 is 4.74 Å². The fourth-order valence-corrected chi connectivity index (χ4v) is 1.43. The van der Waals surface area contributed by atoms with E-state index >= 15 is 0 Å².